The normalized spacial score (nSPS) is 12.4. The van der Waals surface area contributed by atoms with Crippen molar-refractivity contribution in [1.82, 2.24) is 10.7 Å². The summed E-state index contributed by atoms with van der Waals surface area (Å²) >= 11 is 0. The molecule has 2 rings (SSSR count). The molecule has 1 amide bonds. The van der Waals surface area contributed by atoms with E-state index in [1.165, 1.54) is 6.34 Å². The lowest BCUT2D eigenvalue weighted by molar-refractivity contribution is -0.142. The van der Waals surface area contributed by atoms with E-state index in [1.54, 1.807) is 24.3 Å². The number of carbonyl (C=O) groups excluding carboxylic acids is 1. The zero-order valence-corrected chi connectivity index (χ0v) is 18.1. The summed E-state index contributed by atoms with van der Waals surface area (Å²) in [6.45, 7) is 6.16. The Balaban J connectivity index is 1.94. The molecule has 1 atom stereocenters. The Bertz CT molecular complexity index is 905. The summed E-state index contributed by atoms with van der Waals surface area (Å²) in [5, 5.41) is 12.1. The average molecular weight is 427 g/mol. The van der Waals surface area contributed by atoms with Gasteiger partial charge in [0, 0.05) is 12.8 Å². The van der Waals surface area contributed by atoms with Crippen molar-refractivity contribution in [3.63, 3.8) is 0 Å². The molecule has 0 unspecified atom stereocenters. The first-order valence-corrected chi connectivity index (χ1v) is 9.98. The first-order valence-electron chi connectivity index (χ1n) is 9.98. The van der Waals surface area contributed by atoms with Gasteiger partial charge in [-0.15, -0.1) is 0 Å². The van der Waals surface area contributed by atoms with Crippen molar-refractivity contribution in [2.75, 3.05) is 0 Å². The third kappa shape index (κ3) is 8.88. The van der Waals surface area contributed by atoms with Gasteiger partial charge in [0.25, 0.3) is 0 Å². The monoisotopic (exact) mass is 426 g/mol. The van der Waals surface area contributed by atoms with E-state index < -0.39 is 12.0 Å². The van der Waals surface area contributed by atoms with Gasteiger partial charge in [-0.25, -0.2) is 15.6 Å². The molecule has 0 aromatic heterocycles. The smallest absolute Gasteiger partial charge is 0.326 e. The van der Waals surface area contributed by atoms with Gasteiger partial charge < -0.3 is 20.6 Å². The van der Waals surface area contributed by atoms with E-state index in [2.05, 4.69) is 15.7 Å². The highest BCUT2D eigenvalue weighted by Crippen LogP contribution is 2.20. The molecule has 0 aliphatic heterocycles. The predicted octanol–water partition coefficient (Wildman–Crippen LogP) is 2.94. The number of hydrogen-bond donors (Lipinski definition) is 4. The zero-order chi connectivity index (χ0) is 22.9. The summed E-state index contributed by atoms with van der Waals surface area (Å²) in [6, 6.07) is 13.7. The van der Waals surface area contributed by atoms with Crippen molar-refractivity contribution in [1.29, 1.82) is 0 Å². The lowest BCUT2D eigenvalue weighted by Crippen LogP contribution is -2.43. The predicted molar refractivity (Wildman–Crippen MR) is 120 cm³/mol. The SMILES string of the molecule is CC(C)(C)CC(=O)N[C@@H](Cc1ccc(OCc2cccc(N=CNN)c2)cc1)C(=O)O. The number of benzene rings is 2. The van der Waals surface area contributed by atoms with Crippen LogP contribution in [-0.2, 0) is 22.6 Å². The number of carbonyl (C=O) groups is 2. The second-order valence-corrected chi connectivity index (χ2v) is 8.43. The number of ether oxygens (including phenoxy) is 1. The Morgan fingerprint density at radius 2 is 1.87 bits per heavy atom. The average Bonchev–Trinajstić information content (AvgIpc) is 2.70. The number of aliphatic imine (C=N–C) groups is 1. The van der Waals surface area contributed by atoms with Gasteiger partial charge in [-0.2, -0.15) is 0 Å². The van der Waals surface area contributed by atoms with Gasteiger partial charge in [0.15, 0.2) is 0 Å². The molecule has 2 aromatic carbocycles. The third-order valence-electron chi connectivity index (χ3n) is 4.29. The van der Waals surface area contributed by atoms with Crippen molar-refractivity contribution in [2.24, 2.45) is 16.3 Å². The van der Waals surface area contributed by atoms with E-state index in [1.807, 2.05) is 45.0 Å². The molecular formula is C23H30N4O4. The van der Waals surface area contributed by atoms with Crippen LogP contribution in [0.3, 0.4) is 0 Å². The van der Waals surface area contributed by atoms with Gasteiger partial charge in [0.05, 0.1) is 5.69 Å². The van der Waals surface area contributed by atoms with Crippen LogP contribution < -0.4 is 21.3 Å². The van der Waals surface area contributed by atoms with Crippen LogP contribution in [0.25, 0.3) is 0 Å². The van der Waals surface area contributed by atoms with Crippen molar-refractivity contribution in [3.8, 4) is 5.75 Å². The first kappa shape index (κ1) is 23.9. The van der Waals surface area contributed by atoms with Gasteiger partial charge in [0.1, 0.15) is 24.7 Å². The zero-order valence-electron chi connectivity index (χ0n) is 18.1. The number of nitrogens with zero attached hydrogens (tertiary/aromatic N) is 1. The van der Waals surface area contributed by atoms with Gasteiger partial charge in [0.2, 0.25) is 5.91 Å². The lowest BCUT2D eigenvalue weighted by atomic mass is 9.91. The minimum absolute atomic E-state index is 0.195. The summed E-state index contributed by atoms with van der Waals surface area (Å²) in [6.07, 6.45) is 1.86. The maximum atomic E-state index is 12.1. The molecular weight excluding hydrogens is 396 g/mol. The minimum Gasteiger partial charge on any atom is -0.489 e. The highest BCUT2D eigenvalue weighted by molar-refractivity contribution is 5.84. The number of amides is 1. The number of carboxylic acids is 1. The number of aliphatic carboxylic acids is 1. The van der Waals surface area contributed by atoms with Crippen molar-refractivity contribution in [2.45, 2.75) is 46.3 Å². The molecule has 5 N–H and O–H groups in total. The maximum absolute atomic E-state index is 12.1. The van der Waals surface area contributed by atoms with Gasteiger partial charge in [-0.05, 0) is 40.8 Å². The quantitative estimate of drug-likeness (QED) is 0.200. The van der Waals surface area contributed by atoms with Crippen molar-refractivity contribution in [3.05, 3.63) is 59.7 Å². The van der Waals surface area contributed by atoms with Crippen LogP contribution in [0.15, 0.2) is 53.5 Å². The summed E-state index contributed by atoms with van der Waals surface area (Å²) < 4.78 is 5.80. The van der Waals surface area contributed by atoms with Crippen LogP contribution in [0.4, 0.5) is 5.69 Å². The molecule has 8 heteroatoms. The van der Waals surface area contributed by atoms with E-state index in [0.29, 0.717) is 12.4 Å². The topological polar surface area (TPSA) is 126 Å². The lowest BCUT2D eigenvalue weighted by Gasteiger charge is -2.20. The van der Waals surface area contributed by atoms with E-state index in [0.717, 1.165) is 16.8 Å². The molecule has 0 radical (unpaired) electrons. The Labute approximate surface area is 182 Å². The van der Waals surface area contributed by atoms with Crippen LogP contribution in [0, 0.1) is 5.41 Å². The summed E-state index contributed by atoms with van der Waals surface area (Å²) in [4.78, 5) is 27.8. The standard InChI is InChI=1S/C23H30N4O4/c1-23(2,3)13-21(28)27-20(22(29)30)12-16-7-9-19(10-8-16)31-14-17-5-4-6-18(11-17)25-15-26-24/h4-11,15,20H,12-14,24H2,1-3H3,(H,25,26)(H,27,28)(H,29,30)/t20-/m0/s1. The van der Waals surface area contributed by atoms with Crippen LogP contribution in [0.2, 0.25) is 0 Å². The van der Waals surface area contributed by atoms with Crippen LogP contribution in [0.1, 0.15) is 38.3 Å². The summed E-state index contributed by atoms with van der Waals surface area (Å²) in [5.41, 5.74) is 4.64. The molecule has 0 aliphatic carbocycles. The third-order valence-corrected chi connectivity index (χ3v) is 4.29. The summed E-state index contributed by atoms with van der Waals surface area (Å²) in [5.74, 6) is 4.51. The summed E-state index contributed by atoms with van der Waals surface area (Å²) in [7, 11) is 0. The first-order chi connectivity index (χ1) is 14.7. The van der Waals surface area contributed by atoms with Crippen molar-refractivity contribution >= 4 is 23.9 Å². The maximum Gasteiger partial charge on any atom is 0.326 e. The minimum atomic E-state index is -1.06. The fourth-order valence-electron chi connectivity index (χ4n) is 2.89. The number of hydrogen-bond acceptors (Lipinski definition) is 5. The molecule has 0 saturated heterocycles. The van der Waals surface area contributed by atoms with Crippen LogP contribution >= 0.6 is 0 Å². The molecule has 8 nitrogen and oxygen atoms in total. The molecule has 31 heavy (non-hydrogen) atoms. The fraction of sp³-hybridized carbons (Fsp3) is 0.348. The van der Waals surface area contributed by atoms with Crippen LogP contribution in [-0.4, -0.2) is 29.4 Å². The molecule has 0 saturated carbocycles. The van der Waals surface area contributed by atoms with E-state index in [9.17, 15) is 14.7 Å². The van der Waals surface area contributed by atoms with E-state index in [-0.39, 0.29) is 24.2 Å². The van der Waals surface area contributed by atoms with E-state index >= 15 is 0 Å². The Morgan fingerprint density at radius 3 is 2.48 bits per heavy atom. The largest absolute Gasteiger partial charge is 0.489 e. The second-order valence-electron chi connectivity index (χ2n) is 8.43. The van der Waals surface area contributed by atoms with Gasteiger partial charge in [-0.1, -0.05) is 45.0 Å². The molecule has 2 aromatic rings. The number of carboxylic acid groups (broad SMARTS) is 1. The Hall–Kier alpha value is -3.39. The fourth-order valence-corrected chi connectivity index (χ4v) is 2.89. The van der Waals surface area contributed by atoms with Crippen LogP contribution in [0.5, 0.6) is 5.75 Å². The number of nitrogens with two attached hydrogens (primary N) is 1. The molecule has 0 spiro atoms. The Kier molecular flexibility index (Phi) is 8.57. The highest BCUT2D eigenvalue weighted by Gasteiger charge is 2.23. The highest BCUT2D eigenvalue weighted by atomic mass is 16.5. The Morgan fingerprint density at radius 1 is 1.16 bits per heavy atom. The molecule has 0 aliphatic rings. The van der Waals surface area contributed by atoms with Crippen molar-refractivity contribution < 1.29 is 19.4 Å². The van der Waals surface area contributed by atoms with E-state index in [4.69, 9.17) is 10.6 Å². The number of nitrogens with one attached hydrogen (secondary N) is 2. The molecule has 0 bridgehead atoms. The molecule has 0 fully saturated rings. The number of rotatable bonds is 10. The molecule has 166 valence electrons. The second kappa shape index (κ2) is 11.1. The van der Waals surface area contributed by atoms with Gasteiger partial charge in [-0.3, -0.25) is 4.79 Å². The van der Waals surface area contributed by atoms with Gasteiger partial charge >= 0.3 is 5.97 Å². The molecule has 0 heterocycles. The number of hydrazine groups is 1.